The third kappa shape index (κ3) is 4.55. The van der Waals surface area contributed by atoms with Gasteiger partial charge in [0.25, 0.3) is 0 Å². The molecule has 2 fully saturated rings. The standard InChI is InChI=1S/C21H28ClN3O2/c1-16-19(14-24-6-10-26-11-7-24)20(15-25-8-12-27-13-9-25)21(23-16)17-2-4-18(22)5-3-17/h2-5,23H,6-15H2,1H3. The molecule has 146 valence electrons. The molecular formula is C21H28ClN3O2. The summed E-state index contributed by atoms with van der Waals surface area (Å²) in [6.45, 7) is 11.4. The average Bonchev–Trinajstić information content (AvgIpc) is 3.00. The minimum atomic E-state index is 0.769. The topological polar surface area (TPSA) is 40.7 Å². The van der Waals surface area contributed by atoms with Gasteiger partial charge in [0.2, 0.25) is 0 Å². The molecule has 0 saturated carbocycles. The van der Waals surface area contributed by atoms with Crippen LogP contribution in [0.1, 0.15) is 16.8 Å². The number of hydrogen-bond acceptors (Lipinski definition) is 4. The van der Waals surface area contributed by atoms with E-state index < -0.39 is 0 Å². The molecule has 0 radical (unpaired) electrons. The van der Waals surface area contributed by atoms with Crippen molar-refractivity contribution in [2.75, 3.05) is 52.6 Å². The van der Waals surface area contributed by atoms with Crippen LogP contribution in [0, 0.1) is 6.92 Å². The lowest BCUT2D eigenvalue weighted by atomic mass is 10.0. The van der Waals surface area contributed by atoms with Crippen molar-refractivity contribution in [1.29, 1.82) is 0 Å². The lowest BCUT2D eigenvalue weighted by Gasteiger charge is -2.29. The molecule has 2 saturated heterocycles. The molecule has 2 aliphatic heterocycles. The quantitative estimate of drug-likeness (QED) is 0.851. The highest BCUT2D eigenvalue weighted by Crippen LogP contribution is 2.31. The van der Waals surface area contributed by atoms with Crippen LogP contribution in [0.25, 0.3) is 11.3 Å². The van der Waals surface area contributed by atoms with Crippen LogP contribution in [-0.2, 0) is 22.6 Å². The normalized spacial score (nSPS) is 19.5. The van der Waals surface area contributed by atoms with E-state index in [1.54, 1.807) is 0 Å². The average molecular weight is 390 g/mol. The van der Waals surface area contributed by atoms with E-state index in [-0.39, 0.29) is 0 Å². The molecular weight excluding hydrogens is 362 g/mol. The van der Waals surface area contributed by atoms with Crippen LogP contribution in [0.5, 0.6) is 0 Å². The van der Waals surface area contributed by atoms with Gasteiger partial charge < -0.3 is 14.5 Å². The molecule has 4 rings (SSSR count). The SMILES string of the molecule is Cc1[nH]c(-c2ccc(Cl)cc2)c(CN2CCOCC2)c1CN1CCOCC1. The van der Waals surface area contributed by atoms with Crippen molar-refractivity contribution >= 4 is 11.6 Å². The Morgan fingerprint density at radius 3 is 1.93 bits per heavy atom. The first-order valence-electron chi connectivity index (χ1n) is 9.77. The highest BCUT2D eigenvalue weighted by Gasteiger charge is 2.22. The van der Waals surface area contributed by atoms with Gasteiger partial charge in [-0.05, 0) is 35.7 Å². The number of morpholine rings is 2. The van der Waals surface area contributed by atoms with Crippen molar-refractivity contribution in [2.24, 2.45) is 0 Å². The Morgan fingerprint density at radius 1 is 0.852 bits per heavy atom. The second-order valence-corrected chi connectivity index (χ2v) is 7.80. The van der Waals surface area contributed by atoms with Crippen molar-refractivity contribution in [3.8, 4) is 11.3 Å². The number of nitrogens with zero attached hydrogens (tertiary/aromatic N) is 2. The Bertz CT molecular complexity index is 748. The number of halogens is 1. The third-order valence-corrected chi connectivity index (χ3v) is 5.79. The minimum absolute atomic E-state index is 0.769. The molecule has 2 aliphatic rings. The zero-order chi connectivity index (χ0) is 18.6. The molecule has 0 unspecified atom stereocenters. The molecule has 0 amide bonds. The van der Waals surface area contributed by atoms with Crippen LogP contribution in [0.2, 0.25) is 5.02 Å². The molecule has 0 bridgehead atoms. The van der Waals surface area contributed by atoms with Crippen LogP contribution >= 0.6 is 11.6 Å². The van der Waals surface area contributed by atoms with Crippen molar-refractivity contribution in [1.82, 2.24) is 14.8 Å². The summed E-state index contributed by atoms with van der Waals surface area (Å²) in [7, 11) is 0. The van der Waals surface area contributed by atoms with Gasteiger partial charge in [-0.15, -0.1) is 0 Å². The third-order valence-electron chi connectivity index (χ3n) is 5.53. The molecule has 0 spiro atoms. The first kappa shape index (κ1) is 19.0. The fourth-order valence-electron chi connectivity index (χ4n) is 3.93. The van der Waals surface area contributed by atoms with E-state index in [4.69, 9.17) is 21.1 Å². The van der Waals surface area contributed by atoms with Crippen LogP contribution in [0.3, 0.4) is 0 Å². The number of H-pyrrole nitrogens is 1. The molecule has 1 N–H and O–H groups in total. The molecule has 27 heavy (non-hydrogen) atoms. The number of ether oxygens (including phenoxy) is 2. The molecule has 2 aromatic rings. The van der Waals surface area contributed by atoms with E-state index in [1.807, 2.05) is 12.1 Å². The van der Waals surface area contributed by atoms with Gasteiger partial charge in [0, 0.05) is 50.0 Å². The molecule has 5 nitrogen and oxygen atoms in total. The Morgan fingerprint density at radius 2 is 1.37 bits per heavy atom. The van der Waals surface area contributed by atoms with Gasteiger partial charge in [-0.25, -0.2) is 0 Å². The molecule has 1 aromatic heterocycles. The number of benzene rings is 1. The number of aromatic amines is 1. The molecule has 0 atom stereocenters. The van der Waals surface area contributed by atoms with Gasteiger partial charge in [0.05, 0.1) is 32.1 Å². The highest BCUT2D eigenvalue weighted by molar-refractivity contribution is 6.30. The largest absolute Gasteiger partial charge is 0.379 e. The highest BCUT2D eigenvalue weighted by atomic mass is 35.5. The first-order chi connectivity index (χ1) is 13.2. The summed E-state index contributed by atoms with van der Waals surface area (Å²) in [6.07, 6.45) is 0. The molecule has 1 aromatic carbocycles. The Balaban J connectivity index is 1.66. The second kappa shape index (κ2) is 8.76. The number of rotatable bonds is 5. The summed E-state index contributed by atoms with van der Waals surface area (Å²) in [5.41, 5.74) is 6.50. The van der Waals surface area contributed by atoms with Gasteiger partial charge in [-0.3, -0.25) is 9.80 Å². The predicted molar refractivity (Wildman–Crippen MR) is 108 cm³/mol. The maximum Gasteiger partial charge on any atom is 0.0594 e. The summed E-state index contributed by atoms with van der Waals surface area (Å²) in [4.78, 5) is 8.66. The maximum atomic E-state index is 6.11. The van der Waals surface area contributed by atoms with E-state index in [2.05, 4.69) is 33.8 Å². The zero-order valence-electron chi connectivity index (χ0n) is 16.0. The summed E-state index contributed by atoms with van der Waals surface area (Å²) >= 11 is 6.11. The van der Waals surface area contributed by atoms with Gasteiger partial charge in [-0.1, -0.05) is 23.7 Å². The van der Waals surface area contributed by atoms with Crippen LogP contribution in [0.4, 0.5) is 0 Å². The van der Waals surface area contributed by atoms with E-state index in [9.17, 15) is 0 Å². The zero-order valence-corrected chi connectivity index (χ0v) is 16.7. The minimum Gasteiger partial charge on any atom is -0.379 e. The summed E-state index contributed by atoms with van der Waals surface area (Å²) < 4.78 is 11.1. The van der Waals surface area contributed by atoms with Crippen molar-refractivity contribution < 1.29 is 9.47 Å². The van der Waals surface area contributed by atoms with Crippen molar-refractivity contribution in [2.45, 2.75) is 20.0 Å². The number of hydrogen-bond donors (Lipinski definition) is 1. The van der Waals surface area contributed by atoms with E-state index >= 15 is 0 Å². The lowest BCUT2D eigenvalue weighted by Crippen LogP contribution is -2.37. The van der Waals surface area contributed by atoms with Crippen molar-refractivity contribution in [3.63, 3.8) is 0 Å². The molecule has 3 heterocycles. The van der Waals surface area contributed by atoms with E-state index in [0.717, 1.165) is 70.7 Å². The second-order valence-electron chi connectivity index (χ2n) is 7.37. The predicted octanol–water partition coefficient (Wildman–Crippen LogP) is 3.31. The fraction of sp³-hybridized carbons (Fsp3) is 0.524. The monoisotopic (exact) mass is 389 g/mol. The number of aromatic nitrogens is 1. The molecule has 6 heteroatoms. The maximum absolute atomic E-state index is 6.11. The smallest absolute Gasteiger partial charge is 0.0594 e. The van der Waals surface area contributed by atoms with Gasteiger partial charge in [0.1, 0.15) is 0 Å². The number of nitrogens with one attached hydrogen (secondary N) is 1. The van der Waals surface area contributed by atoms with Gasteiger partial charge in [-0.2, -0.15) is 0 Å². The Kier molecular flexibility index (Phi) is 6.15. The Hall–Kier alpha value is -1.37. The van der Waals surface area contributed by atoms with Crippen LogP contribution in [-0.4, -0.2) is 67.4 Å². The summed E-state index contributed by atoms with van der Waals surface area (Å²) in [5.74, 6) is 0. The Labute approximate surface area is 166 Å². The van der Waals surface area contributed by atoms with Crippen LogP contribution in [0.15, 0.2) is 24.3 Å². The molecule has 0 aliphatic carbocycles. The lowest BCUT2D eigenvalue weighted by molar-refractivity contribution is 0.0310. The van der Waals surface area contributed by atoms with Crippen LogP contribution < -0.4 is 0 Å². The number of aryl methyl sites for hydroxylation is 1. The summed E-state index contributed by atoms with van der Waals surface area (Å²) in [5, 5.41) is 0.769. The van der Waals surface area contributed by atoms with E-state index in [0.29, 0.717) is 0 Å². The van der Waals surface area contributed by atoms with Gasteiger partial charge >= 0.3 is 0 Å². The van der Waals surface area contributed by atoms with E-state index in [1.165, 1.54) is 28.1 Å². The first-order valence-corrected chi connectivity index (χ1v) is 10.1. The summed E-state index contributed by atoms with van der Waals surface area (Å²) in [6, 6.07) is 8.14. The van der Waals surface area contributed by atoms with Crippen molar-refractivity contribution in [3.05, 3.63) is 46.1 Å². The fourth-order valence-corrected chi connectivity index (χ4v) is 4.06. The van der Waals surface area contributed by atoms with Gasteiger partial charge in [0.15, 0.2) is 0 Å².